The monoisotopic (exact) mass is 279 g/mol. The lowest BCUT2D eigenvalue weighted by Crippen LogP contribution is -2.33. The van der Waals surface area contributed by atoms with Gasteiger partial charge in [-0.05, 0) is 25.0 Å². The van der Waals surface area contributed by atoms with Crippen molar-refractivity contribution in [2.45, 2.75) is 39.5 Å². The van der Waals surface area contributed by atoms with Gasteiger partial charge < -0.3 is 14.7 Å². The van der Waals surface area contributed by atoms with Crippen LogP contribution in [0.25, 0.3) is 0 Å². The molecule has 0 aliphatic carbocycles. The molecule has 4 heteroatoms. The first-order valence-corrected chi connectivity index (χ1v) is 7.30. The van der Waals surface area contributed by atoms with Crippen molar-refractivity contribution in [2.24, 2.45) is 0 Å². The lowest BCUT2D eigenvalue weighted by molar-refractivity contribution is 0.0744. The van der Waals surface area contributed by atoms with Crippen molar-refractivity contribution in [1.82, 2.24) is 4.90 Å². The number of ether oxygens (including phenoxy) is 1. The first-order valence-electron chi connectivity index (χ1n) is 7.30. The van der Waals surface area contributed by atoms with E-state index in [2.05, 4.69) is 13.8 Å². The van der Waals surface area contributed by atoms with E-state index in [4.69, 9.17) is 4.74 Å². The first kappa shape index (κ1) is 16.3. The number of methoxy groups -OCH3 is 1. The zero-order chi connectivity index (χ0) is 15.0. The van der Waals surface area contributed by atoms with Gasteiger partial charge in [0.2, 0.25) is 0 Å². The van der Waals surface area contributed by atoms with Crippen LogP contribution in [0.2, 0.25) is 0 Å². The van der Waals surface area contributed by atoms with Crippen molar-refractivity contribution >= 4 is 5.91 Å². The van der Waals surface area contributed by atoms with Gasteiger partial charge in [-0.15, -0.1) is 0 Å². The molecule has 0 bridgehead atoms. The summed E-state index contributed by atoms with van der Waals surface area (Å²) in [7, 11) is 1.51. The van der Waals surface area contributed by atoms with Gasteiger partial charge in [0.1, 0.15) is 17.1 Å². The van der Waals surface area contributed by atoms with E-state index in [-0.39, 0.29) is 17.2 Å². The van der Waals surface area contributed by atoms with Crippen LogP contribution in [0, 0.1) is 0 Å². The number of phenolic OH excluding ortho intramolecular Hbond substituents is 1. The number of phenols is 1. The average molecular weight is 279 g/mol. The minimum Gasteiger partial charge on any atom is -0.507 e. The van der Waals surface area contributed by atoms with Crippen molar-refractivity contribution in [3.63, 3.8) is 0 Å². The molecule has 1 amide bonds. The van der Waals surface area contributed by atoms with Crippen LogP contribution in [0.4, 0.5) is 0 Å². The number of aromatic hydroxyl groups is 1. The third-order valence-corrected chi connectivity index (χ3v) is 3.29. The zero-order valence-corrected chi connectivity index (χ0v) is 12.7. The Morgan fingerprint density at radius 2 is 1.80 bits per heavy atom. The number of rotatable bonds is 8. The number of nitrogens with zero attached hydrogens (tertiary/aromatic N) is 1. The number of unbranched alkanes of at least 4 members (excludes halogenated alkanes) is 2. The summed E-state index contributed by atoms with van der Waals surface area (Å²) in [6.07, 6.45) is 4.00. The highest BCUT2D eigenvalue weighted by Crippen LogP contribution is 2.28. The molecule has 0 atom stereocenters. The largest absolute Gasteiger partial charge is 0.507 e. The SMILES string of the molecule is CCCCN(CCCC)C(=O)c1c(O)cccc1OC. The molecule has 0 fully saturated rings. The van der Waals surface area contributed by atoms with Crippen LogP contribution in [0.5, 0.6) is 11.5 Å². The summed E-state index contributed by atoms with van der Waals surface area (Å²) in [5.41, 5.74) is 0.266. The molecule has 0 radical (unpaired) electrons. The molecule has 0 aliphatic heterocycles. The zero-order valence-electron chi connectivity index (χ0n) is 12.7. The molecule has 0 saturated carbocycles. The van der Waals surface area contributed by atoms with Gasteiger partial charge in [-0.3, -0.25) is 4.79 Å². The maximum atomic E-state index is 12.6. The minimum atomic E-state index is -0.151. The van der Waals surface area contributed by atoms with E-state index in [0.29, 0.717) is 18.8 Å². The third-order valence-electron chi connectivity index (χ3n) is 3.29. The molecule has 0 heterocycles. The summed E-state index contributed by atoms with van der Waals surface area (Å²) in [4.78, 5) is 14.5. The van der Waals surface area contributed by atoms with E-state index in [9.17, 15) is 9.90 Å². The fraction of sp³-hybridized carbons (Fsp3) is 0.562. The maximum Gasteiger partial charge on any atom is 0.261 e. The van der Waals surface area contributed by atoms with Crippen molar-refractivity contribution < 1.29 is 14.6 Å². The summed E-state index contributed by atoms with van der Waals surface area (Å²) < 4.78 is 5.20. The Morgan fingerprint density at radius 3 is 2.30 bits per heavy atom. The number of benzene rings is 1. The van der Waals surface area contributed by atoms with E-state index < -0.39 is 0 Å². The first-order chi connectivity index (χ1) is 9.65. The third kappa shape index (κ3) is 4.15. The predicted octanol–water partition coefficient (Wildman–Crippen LogP) is 3.44. The molecule has 0 spiro atoms. The lowest BCUT2D eigenvalue weighted by atomic mass is 10.1. The highest BCUT2D eigenvalue weighted by Gasteiger charge is 2.22. The van der Waals surface area contributed by atoms with Gasteiger partial charge in [0.15, 0.2) is 0 Å². The second-order valence-electron chi connectivity index (χ2n) is 4.85. The number of carbonyl (C=O) groups is 1. The van der Waals surface area contributed by atoms with Crippen molar-refractivity contribution in [1.29, 1.82) is 0 Å². The summed E-state index contributed by atoms with van der Waals surface area (Å²) >= 11 is 0. The van der Waals surface area contributed by atoms with Crippen molar-refractivity contribution in [3.05, 3.63) is 23.8 Å². The molecule has 0 unspecified atom stereocenters. The molecule has 4 nitrogen and oxygen atoms in total. The van der Waals surface area contributed by atoms with Gasteiger partial charge in [0.05, 0.1) is 7.11 Å². The second-order valence-corrected chi connectivity index (χ2v) is 4.85. The number of hydrogen-bond acceptors (Lipinski definition) is 3. The molecular formula is C16H25NO3. The van der Waals surface area contributed by atoms with Gasteiger partial charge in [-0.25, -0.2) is 0 Å². The molecule has 1 aromatic rings. The molecule has 0 saturated heterocycles. The van der Waals surface area contributed by atoms with Crippen molar-refractivity contribution in [3.8, 4) is 11.5 Å². The topological polar surface area (TPSA) is 49.8 Å². The maximum absolute atomic E-state index is 12.6. The number of carbonyl (C=O) groups excluding carboxylic acids is 1. The molecule has 112 valence electrons. The number of amides is 1. The summed E-state index contributed by atoms with van der Waals surface area (Å²) in [5, 5.41) is 9.97. The highest BCUT2D eigenvalue weighted by molar-refractivity contribution is 5.99. The highest BCUT2D eigenvalue weighted by atomic mass is 16.5. The molecule has 20 heavy (non-hydrogen) atoms. The van der Waals surface area contributed by atoms with Crippen LogP contribution in [0.15, 0.2) is 18.2 Å². The smallest absolute Gasteiger partial charge is 0.261 e. The molecular weight excluding hydrogens is 254 g/mol. The van der Waals surface area contributed by atoms with Gasteiger partial charge >= 0.3 is 0 Å². The quantitative estimate of drug-likeness (QED) is 0.793. The van der Waals surface area contributed by atoms with E-state index in [1.165, 1.54) is 13.2 Å². The van der Waals surface area contributed by atoms with E-state index in [1.54, 1.807) is 12.1 Å². The van der Waals surface area contributed by atoms with Crippen LogP contribution in [-0.4, -0.2) is 36.1 Å². The van der Waals surface area contributed by atoms with Gasteiger partial charge in [0, 0.05) is 13.1 Å². The fourth-order valence-electron chi connectivity index (χ4n) is 2.08. The standard InChI is InChI=1S/C16H25NO3/c1-4-6-11-17(12-7-5-2)16(19)15-13(18)9-8-10-14(15)20-3/h8-10,18H,4-7,11-12H2,1-3H3. The predicted molar refractivity (Wildman–Crippen MR) is 80.4 cm³/mol. The molecule has 0 aliphatic rings. The molecule has 1 aromatic carbocycles. The Balaban J connectivity index is 2.98. The Bertz CT molecular complexity index is 424. The second kappa shape index (κ2) is 8.46. The Hall–Kier alpha value is -1.71. The Morgan fingerprint density at radius 1 is 1.20 bits per heavy atom. The fourth-order valence-corrected chi connectivity index (χ4v) is 2.08. The lowest BCUT2D eigenvalue weighted by Gasteiger charge is -2.23. The van der Waals surface area contributed by atoms with E-state index in [0.717, 1.165) is 25.7 Å². The van der Waals surface area contributed by atoms with Crippen LogP contribution in [0.3, 0.4) is 0 Å². The molecule has 1 rings (SSSR count). The molecule has 0 aromatic heterocycles. The normalized spacial score (nSPS) is 10.3. The van der Waals surface area contributed by atoms with Crippen LogP contribution in [-0.2, 0) is 0 Å². The van der Waals surface area contributed by atoms with Crippen LogP contribution in [0.1, 0.15) is 49.9 Å². The number of hydrogen-bond donors (Lipinski definition) is 1. The Kier molecular flexibility index (Phi) is 6.91. The summed E-state index contributed by atoms with van der Waals surface area (Å²) in [6, 6.07) is 4.89. The van der Waals surface area contributed by atoms with E-state index >= 15 is 0 Å². The van der Waals surface area contributed by atoms with E-state index in [1.807, 2.05) is 4.90 Å². The van der Waals surface area contributed by atoms with Crippen LogP contribution >= 0.6 is 0 Å². The van der Waals surface area contributed by atoms with Gasteiger partial charge in [0.25, 0.3) is 5.91 Å². The van der Waals surface area contributed by atoms with Crippen molar-refractivity contribution in [2.75, 3.05) is 20.2 Å². The molecule has 1 N–H and O–H groups in total. The minimum absolute atomic E-state index is 0.0210. The van der Waals surface area contributed by atoms with Gasteiger partial charge in [-0.2, -0.15) is 0 Å². The Labute approximate surface area is 121 Å². The average Bonchev–Trinajstić information content (AvgIpc) is 2.46. The van der Waals surface area contributed by atoms with Crippen LogP contribution < -0.4 is 4.74 Å². The summed E-state index contributed by atoms with van der Waals surface area (Å²) in [5.74, 6) is 0.252. The summed E-state index contributed by atoms with van der Waals surface area (Å²) in [6.45, 7) is 5.63. The van der Waals surface area contributed by atoms with Gasteiger partial charge in [-0.1, -0.05) is 32.8 Å².